The second-order valence-corrected chi connectivity index (χ2v) is 8.59. The third-order valence-corrected chi connectivity index (χ3v) is 5.84. The van der Waals surface area contributed by atoms with Crippen LogP contribution in [0.2, 0.25) is 0 Å². The molecule has 3 aromatic rings. The van der Waals surface area contributed by atoms with E-state index in [4.69, 9.17) is 9.47 Å². The largest absolute Gasteiger partial charge is 0.462 e. The molecule has 0 fully saturated rings. The Kier molecular flexibility index (Phi) is 7.80. The van der Waals surface area contributed by atoms with E-state index in [2.05, 4.69) is 31.4 Å². The van der Waals surface area contributed by atoms with Crippen LogP contribution in [-0.2, 0) is 16.1 Å². The van der Waals surface area contributed by atoms with Crippen LogP contribution >= 0.6 is 27.3 Å². The number of halogens is 1. The number of rotatable bonds is 9. The number of thiophene rings is 1. The van der Waals surface area contributed by atoms with Gasteiger partial charge in [0.25, 0.3) is 5.91 Å². The van der Waals surface area contributed by atoms with Crippen molar-refractivity contribution >= 4 is 50.1 Å². The van der Waals surface area contributed by atoms with Gasteiger partial charge in [-0.25, -0.2) is 14.3 Å². The highest BCUT2D eigenvalue weighted by Gasteiger charge is 2.28. The number of carbonyl (C=O) groups is 3. The van der Waals surface area contributed by atoms with Crippen molar-refractivity contribution in [2.45, 2.75) is 33.9 Å². The second-order valence-electron chi connectivity index (χ2n) is 6.65. The fraction of sp³-hybridized carbons (Fsp3) is 0.350. The molecule has 0 aliphatic heterocycles. The van der Waals surface area contributed by atoms with Crippen molar-refractivity contribution in [2.24, 2.45) is 0 Å². The Bertz CT molecular complexity index is 1140. The minimum absolute atomic E-state index is 0.140. The predicted octanol–water partition coefficient (Wildman–Crippen LogP) is 3.71. The summed E-state index contributed by atoms with van der Waals surface area (Å²) >= 11 is 4.30. The van der Waals surface area contributed by atoms with Crippen LogP contribution in [0.4, 0.5) is 5.00 Å². The Morgan fingerprint density at radius 3 is 2.62 bits per heavy atom. The Morgan fingerprint density at radius 1 is 1.19 bits per heavy atom. The van der Waals surface area contributed by atoms with Crippen LogP contribution in [0.5, 0.6) is 0 Å². The Balaban J connectivity index is 1.83. The number of amides is 1. The third-order valence-electron chi connectivity index (χ3n) is 4.24. The minimum Gasteiger partial charge on any atom is -0.462 e. The number of nitrogens with one attached hydrogen (secondary N) is 1. The number of carbonyl (C=O) groups excluding carboxylic acids is 3. The van der Waals surface area contributed by atoms with E-state index < -0.39 is 17.8 Å². The summed E-state index contributed by atoms with van der Waals surface area (Å²) in [5.74, 6) is -1.69. The number of esters is 2. The van der Waals surface area contributed by atoms with Gasteiger partial charge in [-0.3, -0.25) is 9.48 Å². The predicted molar refractivity (Wildman–Crippen MR) is 121 cm³/mol. The van der Waals surface area contributed by atoms with Gasteiger partial charge in [-0.2, -0.15) is 10.2 Å². The van der Waals surface area contributed by atoms with Crippen LogP contribution in [-0.4, -0.2) is 50.6 Å². The van der Waals surface area contributed by atoms with Gasteiger partial charge < -0.3 is 14.8 Å². The zero-order chi connectivity index (χ0) is 23.3. The zero-order valence-electron chi connectivity index (χ0n) is 17.8. The first-order valence-electron chi connectivity index (χ1n) is 9.84. The maximum Gasteiger partial charge on any atom is 0.348 e. The van der Waals surface area contributed by atoms with Gasteiger partial charge in [-0.05, 0) is 47.8 Å². The maximum atomic E-state index is 12.8. The van der Waals surface area contributed by atoms with Gasteiger partial charge in [-0.1, -0.05) is 6.92 Å². The van der Waals surface area contributed by atoms with Crippen molar-refractivity contribution in [3.63, 3.8) is 0 Å². The number of nitrogens with zero attached hydrogens (tertiary/aromatic N) is 4. The van der Waals surface area contributed by atoms with Gasteiger partial charge in [0, 0.05) is 12.4 Å². The lowest BCUT2D eigenvalue weighted by molar-refractivity contribution is 0.0506. The molecule has 1 N–H and O–H groups in total. The van der Waals surface area contributed by atoms with Crippen LogP contribution in [0, 0.1) is 6.92 Å². The molecule has 0 aliphatic carbocycles. The lowest BCUT2D eigenvalue weighted by Crippen LogP contribution is -2.16. The highest BCUT2D eigenvalue weighted by molar-refractivity contribution is 9.10. The molecule has 0 bridgehead atoms. The molecule has 0 radical (unpaired) electrons. The number of anilines is 1. The molecule has 0 aliphatic rings. The Hall–Kier alpha value is -2.99. The summed E-state index contributed by atoms with van der Waals surface area (Å²) in [4.78, 5) is 38.0. The van der Waals surface area contributed by atoms with Crippen LogP contribution in [0.1, 0.15) is 56.3 Å². The molecule has 3 heterocycles. The lowest BCUT2D eigenvalue weighted by atomic mass is 10.1. The maximum absolute atomic E-state index is 12.8. The average molecular weight is 524 g/mol. The van der Waals surface area contributed by atoms with Crippen molar-refractivity contribution in [2.75, 3.05) is 18.5 Å². The number of ether oxygens (including phenoxy) is 2. The average Bonchev–Trinajstić information content (AvgIpc) is 3.46. The first kappa shape index (κ1) is 23.7. The molecule has 3 aromatic heterocycles. The first-order valence-corrected chi connectivity index (χ1v) is 11.4. The lowest BCUT2D eigenvalue weighted by Gasteiger charge is -2.07. The summed E-state index contributed by atoms with van der Waals surface area (Å²) in [6, 6.07) is 1.55. The molecule has 0 aromatic carbocycles. The molecule has 1 amide bonds. The summed E-state index contributed by atoms with van der Waals surface area (Å²) < 4.78 is 14.3. The Morgan fingerprint density at radius 2 is 1.97 bits per heavy atom. The van der Waals surface area contributed by atoms with Crippen molar-refractivity contribution in [3.8, 4) is 0 Å². The fourth-order valence-electron chi connectivity index (χ4n) is 2.80. The number of hydrogen-bond acceptors (Lipinski definition) is 8. The van der Waals surface area contributed by atoms with Crippen LogP contribution in [0.3, 0.4) is 0 Å². The highest BCUT2D eigenvalue weighted by atomic mass is 79.9. The Labute approximate surface area is 196 Å². The summed E-state index contributed by atoms with van der Waals surface area (Å²) in [6.45, 7) is 5.93. The van der Waals surface area contributed by atoms with Gasteiger partial charge in [0.1, 0.15) is 16.5 Å². The molecule has 0 spiro atoms. The summed E-state index contributed by atoms with van der Waals surface area (Å²) in [6.07, 6.45) is 5.72. The quantitative estimate of drug-likeness (QED) is 0.424. The molecule has 3 rings (SSSR count). The molecule has 0 saturated heterocycles. The van der Waals surface area contributed by atoms with Crippen LogP contribution in [0.15, 0.2) is 29.1 Å². The SMILES string of the molecule is CCCOC(=O)c1c(NC(=O)c2ccn(Cn3cc(Br)cn3)n2)sc(C(=O)OCC)c1C. The molecule has 32 heavy (non-hydrogen) atoms. The van der Waals surface area contributed by atoms with Crippen molar-refractivity contribution in [3.05, 3.63) is 50.8 Å². The molecule has 0 saturated carbocycles. The molecule has 0 unspecified atom stereocenters. The van der Waals surface area contributed by atoms with Crippen molar-refractivity contribution in [1.82, 2.24) is 19.6 Å². The van der Waals surface area contributed by atoms with Crippen molar-refractivity contribution in [1.29, 1.82) is 0 Å². The summed E-state index contributed by atoms with van der Waals surface area (Å²) in [5, 5.41) is 11.3. The van der Waals surface area contributed by atoms with Gasteiger partial charge in [0.2, 0.25) is 0 Å². The first-order chi connectivity index (χ1) is 15.3. The smallest absolute Gasteiger partial charge is 0.348 e. The monoisotopic (exact) mass is 523 g/mol. The standard InChI is InChI=1S/C20H22BrN5O5S/c1-4-8-31-19(28)15-12(3)16(20(29)30-5-2)32-18(15)23-17(27)14-6-7-25(24-14)11-26-10-13(21)9-22-26/h6-7,9-10H,4-5,8,11H2,1-3H3,(H,23,27). The molecule has 0 atom stereocenters. The second kappa shape index (κ2) is 10.6. The van der Waals surface area contributed by atoms with E-state index in [1.807, 2.05) is 6.92 Å². The van der Waals surface area contributed by atoms with E-state index in [0.717, 1.165) is 15.8 Å². The van der Waals surface area contributed by atoms with Gasteiger partial charge >= 0.3 is 11.9 Å². The van der Waals surface area contributed by atoms with E-state index in [-0.39, 0.29) is 34.3 Å². The molecule has 12 heteroatoms. The van der Waals surface area contributed by atoms with E-state index in [1.54, 1.807) is 47.9 Å². The number of aromatic nitrogens is 4. The summed E-state index contributed by atoms with van der Waals surface area (Å²) in [5.41, 5.74) is 0.688. The topological polar surface area (TPSA) is 117 Å². The van der Waals surface area contributed by atoms with Crippen molar-refractivity contribution < 1.29 is 23.9 Å². The van der Waals surface area contributed by atoms with E-state index >= 15 is 0 Å². The van der Waals surface area contributed by atoms with Gasteiger partial charge in [0.15, 0.2) is 5.69 Å². The van der Waals surface area contributed by atoms with E-state index in [1.165, 1.54) is 0 Å². The van der Waals surface area contributed by atoms with Gasteiger partial charge in [-0.15, -0.1) is 11.3 Å². The molecular formula is C20H22BrN5O5S. The fourth-order valence-corrected chi connectivity index (χ4v) is 4.21. The normalized spacial score (nSPS) is 10.8. The van der Waals surface area contributed by atoms with E-state index in [9.17, 15) is 14.4 Å². The summed E-state index contributed by atoms with van der Waals surface area (Å²) in [7, 11) is 0. The van der Waals surface area contributed by atoms with Gasteiger partial charge in [0.05, 0.1) is 29.4 Å². The van der Waals surface area contributed by atoms with Crippen LogP contribution in [0.25, 0.3) is 0 Å². The molecular weight excluding hydrogens is 502 g/mol. The highest BCUT2D eigenvalue weighted by Crippen LogP contribution is 2.34. The van der Waals surface area contributed by atoms with E-state index in [0.29, 0.717) is 18.7 Å². The zero-order valence-corrected chi connectivity index (χ0v) is 20.2. The minimum atomic E-state index is -0.610. The number of hydrogen-bond donors (Lipinski definition) is 1. The molecule has 10 nitrogen and oxygen atoms in total. The molecule has 170 valence electrons. The third kappa shape index (κ3) is 5.43. The van der Waals surface area contributed by atoms with Crippen LogP contribution < -0.4 is 5.32 Å².